The first-order chi connectivity index (χ1) is 4.63. The first-order valence-electron chi connectivity index (χ1n) is 3.86. The molecule has 0 spiro atoms. The molecular weight excluding hydrogens is 159 g/mol. The Hall–Kier alpha value is -0.100. The van der Waals surface area contributed by atoms with Gasteiger partial charge in [-0.25, -0.2) is 0 Å². The maximum atomic E-state index is 11.3. The predicted molar refractivity (Wildman–Crippen MR) is 52.3 cm³/mol. The van der Waals surface area contributed by atoms with E-state index in [-0.39, 0.29) is 11.3 Å². The second-order valence-electron chi connectivity index (χ2n) is 4.75. The Kier molecular flexibility index (Phi) is 3.07. The van der Waals surface area contributed by atoms with Crippen LogP contribution in [0.3, 0.4) is 0 Å². The van der Waals surface area contributed by atoms with Crippen LogP contribution in [-0.4, -0.2) is 31.3 Å². The Labute approximate surface area is 69.7 Å². The first kappa shape index (κ1) is 10.9. The fourth-order valence-corrected chi connectivity index (χ4v) is 1.04. The number of carbonyl (C=O) groups is 1. The van der Waals surface area contributed by atoms with Gasteiger partial charge in [-0.2, -0.15) is 0 Å². The molecule has 0 aromatic rings. The van der Waals surface area contributed by atoms with Crippen LogP contribution >= 0.6 is 7.26 Å². The second kappa shape index (κ2) is 3.10. The van der Waals surface area contributed by atoms with Crippen molar-refractivity contribution in [3.05, 3.63) is 0 Å². The van der Waals surface area contributed by atoms with E-state index < -0.39 is 7.26 Å². The van der Waals surface area contributed by atoms with Gasteiger partial charge in [0.15, 0.2) is 0 Å². The molecule has 0 N–H and O–H groups in total. The molecule has 11 heavy (non-hydrogen) atoms. The van der Waals surface area contributed by atoms with Gasteiger partial charge in [0.2, 0.25) is 0 Å². The molecule has 0 fully saturated rings. The minimum atomic E-state index is -1.73. The summed E-state index contributed by atoms with van der Waals surface area (Å²) in [6.07, 6.45) is 0. The summed E-state index contributed by atoms with van der Waals surface area (Å²) in [6, 6.07) is 0. The van der Waals surface area contributed by atoms with Gasteiger partial charge in [0.25, 0.3) is 0 Å². The maximum absolute atomic E-state index is 11.3. The molecule has 0 aromatic carbocycles. The average molecular weight is 178 g/mol. The van der Waals surface area contributed by atoms with E-state index >= 15 is 0 Å². The molecule has 0 radical (unpaired) electrons. The number of hydrogen-bond donors (Lipinski definition) is 0. The fourth-order valence-electron chi connectivity index (χ4n) is 0.431. The molecule has 0 aliphatic heterocycles. The van der Waals surface area contributed by atoms with Gasteiger partial charge < -0.3 is 0 Å². The Bertz CT molecular complexity index is 150. The molecular formula is C8H19O2P. The molecule has 0 aliphatic rings. The van der Waals surface area contributed by atoms with Gasteiger partial charge in [-0.1, -0.05) is 0 Å². The van der Waals surface area contributed by atoms with Gasteiger partial charge in [0.1, 0.15) is 0 Å². The van der Waals surface area contributed by atoms with E-state index in [1.54, 1.807) is 0 Å². The topological polar surface area (TPSA) is 26.3 Å². The Balaban J connectivity index is 4.11. The number of rotatable bonds is 1. The van der Waals surface area contributed by atoms with Crippen LogP contribution in [0.2, 0.25) is 0 Å². The summed E-state index contributed by atoms with van der Waals surface area (Å²) in [5.74, 6) is 0. The van der Waals surface area contributed by atoms with Gasteiger partial charge >= 0.3 is 68.9 Å². The van der Waals surface area contributed by atoms with Crippen molar-refractivity contribution in [3.63, 3.8) is 0 Å². The summed E-state index contributed by atoms with van der Waals surface area (Å²) >= 11 is 0. The van der Waals surface area contributed by atoms with Crippen molar-refractivity contribution in [2.75, 3.05) is 20.0 Å². The fraction of sp³-hybridized carbons (Fsp3) is 0.875. The molecule has 0 saturated heterocycles. The van der Waals surface area contributed by atoms with Crippen LogP contribution in [0, 0.1) is 0 Å². The van der Waals surface area contributed by atoms with E-state index in [0.29, 0.717) is 0 Å². The molecule has 0 atom stereocenters. The van der Waals surface area contributed by atoms with Crippen molar-refractivity contribution in [2.45, 2.75) is 26.4 Å². The normalized spacial score (nSPS) is 14.4. The van der Waals surface area contributed by atoms with Crippen molar-refractivity contribution in [2.24, 2.45) is 0 Å². The average Bonchev–Trinajstić information content (AvgIpc) is 1.56. The standard InChI is InChI=1S/C8H19O2P/c1-8(2,3)10-7(9)11(4,5)6/h11H,1-6H3. The number of ether oxygens (including phenoxy) is 1. The summed E-state index contributed by atoms with van der Waals surface area (Å²) in [5, 5.41) is 0. The minimum absolute atomic E-state index is 0.00926. The molecule has 0 aromatic heterocycles. The summed E-state index contributed by atoms with van der Waals surface area (Å²) in [4.78, 5) is 11.3. The van der Waals surface area contributed by atoms with E-state index in [1.165, 1.54) is 0 Å². The summed E-state index contributed by atoms with van der Waals surface area (Å²) in [6.45, 7) is 11.6. The molecule has 0 bridgehead atoms. The van der Waals surface area contributed by atoms with Crippen molar-refractivity contribution >= 4 is 13.0 Å². The molecule has 2 nitrogen and oxygen atoms in total. The van der Waals surface area contributed by atoms with Gasteiger partial charge in [-0.15, -0.1) is 0 Å². The van der Waals surface area contributed by atoms with Crippen LogP contribution in [-0.2, 0) is 4.74 Å². The second-order valence-corrected chi connectivity index (χ2v) is 9.66. The van der Waals surface area contributed by atoms with E-state index in [1.807, 2.05) is 40.8 Å². The van der Waals surface area contributed by atoms with Gasteiger partial charge in [-0.3, -0.25) is 0 Å². The Morgan fingerprint density at radius 3 is 1.64 bits per heavy atom. The van der Waals surface area contributed by atoms with Gasteiger partial charge in [0.05, 0.1) is 0 Å². The van der Waals surface area contributed by atoms with E-state index in [4.69, 9.17) is 4.74 Å². The third kappa shape index (κ3) is 5.20. The first-order valence-corrected chi connectivity index (χ1v) is 7.36. The Morgan fingerprint density at radius 1 is 1.18 bits per heavy atom. The van der Waals surface area contributed by atoms with Crippen molar-refractivity contribution < 1.29 is 9.53 Å². The third-order valence-corrected chi connectivity index (χ3v) is 2.34. The van der Waals surface area contributed by atoms with Crippen molar-refractivity contribution in [1.29, 1.82) is 0 Å². The van der Waals surface area contributed by atoms with Crippen LogP contribution < -0.4 is 0 Å². The molecule has 0 aliphatic carbocycles. The molecule has 0 rings (SSSR count). The summed E-state index contributed by atoms with van der Waals surface area (Å²) in [7, 11) is -1.73. The third-order valence-electron chi connectivity index (χ3n) is 1.01. The Morgan fingerprint density at radius 2 is 1.55 bits per heavy atom. The van der Waals surface area contributed by atoms with Crippen LogP contribution in [0.15, 0.2) is 0 Å². The molecule has 0 unspecified atom stereocenters. The van der Waals surface area contributed by atoms with Gasteiger partial charge in [-0.05, 0) is 0 Å². The van der Waals surface area contributed by atoms with Crippen LogP contribution in [0.5, 0.6) is 0 Å². The zero-order valence-corrected chi connectivity index (χ0v) is 9.32. The number of carbonyl (C=O) groups excluding carboxylic acids is 1. The van der Waals surface area contributed by atoms with Crippen LogP contribution in [0.1, 0.15) is 20.8 Å². The molecule has 0 saturated carbocycles. The molecule has 3 heteroatoms. The van der Waals surface area contributed by atoms with Crippen molar-refractivity contribution in [3.8, 4) is 0 Å². The number of hydrogen-bond acceptors (Lipinski definition) is 2. The zero-order valence-electron chi connectivity index (χ0n) is 8.32. The predicted octanol–water partition coefficient (Wildman–Crippen LogP) is 2.56. The molecule has 0 heterocycles. The quantitative estimate of drug-likeness (QED) is 0.577. The SMILES string of the molecule is CC(C)(C)OC(=O)[PH](C)(C)C. The summed E-state index contributed by atoms with van der Waals surface area (Å²) < 4.78 is 5.22. The van der Waals surface area contributed by atoms with E-state index in [2.05, 4.69) is 0 Å². The van der Waals surface area contributed by atoms with E-state index in [0.717, 1.165) is 0 Å². The van der Waals surface area contributed by atoms with Crippen LogP contribution in [0.25, 0.3) is 0 Å². The monoisotopic (exact) mass is 178 g/mol. The van der Waals surface area contributed by atoms with Crippen molar-refractivity contribution in [1.82, 2.24) is 0 Å². The van der Waals surface area contributed by atoms with Gasteiger partial charge in [0, 0.05) is 0 Å². The molecule has 0 amide bonds. The van der Waals surface area contributed by atoms with E-state index in [9.17, 15) is 4.79 Å². The molecule has 68 valence electrons. The van der Waals surface area contributed by atoms with Crippen LogP contribution in [0.4, 0.5) is 4.79 Å². The summed E-state index contributed by atoms with van der Waals surface area (Å²) in [5.41, 5.74) is -0.345. The zero-order chi connectivity index (χ0) is 9.28.